The van der Waals surface area contributed by atoms with Gasteiger partial charge in [-0.05, 0) is 25.5 Å². The topological polar surface area (TPSA) is 67.2 Å². The zero-order valence-electron chi connectivity index (χ0n) is 13.3. The maximum atomic E-state index is 12.5. The van der Waals surface area contributed by atoms with Crippen molar-refractivity contribution in [2.24, 2.45) is 0 Å². The normalized spacial score (nSPS) is 17.8. The molecule has 1 aromatic carbocycles. The molecular weight excluding hydrogens is 316 g/mol. The number of aryl methyl sites for hydroxylation is 1. The minimum absolute atomic E-state index is 0. The van der Waals surface area contributed by atoms with Crippen LogP contribution in [0, 0.1) is 6.92 Å². The molecule has 1 aromatic heterocycles. The first-order valence-electron chi connectivity index (χ1n) is 7.53. The van der Waals surface area contributed by atoms with Crippen LogP contribution >= 0.6 is 12.4 Å². The molecule has 6 nitrogen and oxygen atoms in total. The van der Waals surface area contributed by atoms with Gasteiger partial charge in [0.2, 0.25) is 5.91 Å². The molecule has 7 heteroatoms. The monoisotopic (exact) mass is 336 g/mol. The Bertz CT molecular complexity index is 774. The molecule has 0 bridgehead atoms. The van der Waals surface area contributed by atoms with Crippen LogP contribution in [0.15, 0.2) is 29.3 Å². The number of piperazine rings is 1. The Balaban J connectivity index is 0.00000192. The standard InChI is InChI=1S/C16H20N4O2.ClH/c1-11-4-3-5-13-15(11)18-10-19(16(13)22)9-14(21)20-7-6-17-8-12(20)2;/h3-5,10,12,17H,6-9H2,1-2H3;1H/t12-;/m1./s1. The highest BCUT2D eigenvalue weighted by atomic mass is 35.5. The number of benzene rings is 1. The number of halogens is 1. The summed E-state index contributed by atoms with van der Waals surface area (Å²) < 4.78 is 1.40. The molecule has 23 heavy (non-hydrogen) atoms. The number of carbonyl (C=O) groups is 1. The SMILES string of the molecule is Cc1cccc2c(=O)n(CC(=O)N3CCNC[C@H]3C)cnc12.Cl. The number of amides is 1. The van der Waals surface area contributed by atoms with Crippen LogP contribution in [0.25, 0.3) is 10.9 Å². The van der Waals surface area contributed by atoms with E-state index in [1.165, 1.54) is 10.9 Å². The highest BCUT2D eigenvalue weighted by molar-refractivity contribution is 5.85. The molecule has 0 saturated carbocycles. The summed E-state index contributed by atoms with van der Waals surface area (Å²) in [6.45, 7) is 6.23. The number of para-hydroxylation sites is 1. The Hall–Kier alpha value is -1.92. The molecule has 0 aliphatic carbocycles. The minimum Gasteiger partial charge on any atom is -0.336 e. The minimum atomic E-state index is -0.162. The predicted octanol–water partition coefficient (Wildman–Crippen LogP) is 0.947. The summed E-state index contributed by atoms with van der Waals surface area (Å²) in [7, 11) is 0. The number of rotatable bonds is 2. The number of carbonyl (C=O) groups excluding carboxylic acids is 1. The highest BCUT2D eigenvalue weighted by Gasteiger charge is 2.23. The summed E-state index contributed by atoms with van der Waals surface area (Å²) in [6, 6.07) is 5.66. The molecular formula is C16H21ClN4O2. The van der Waals surface area contributed by atoms with E-state index in [1.807, 2.05) is 30.9 Å². The van der Waals surface area contributed by atoms with Gasteiger partial charge in [-0.1, -0.05) is 12.1 Å². The molecule has 1 fully saturated rings. The maximum absolute atomic E-state index is 12.5. The van der Waals surface area contributed by atoms with Gasteiger partial charge in [-0.25, -0.2) is 4.98 Å². The van der Waals surface area contributed by atoms with E-state index in [9.17, 15) is 9.59 Å². The Labute approximate surface area is 140 Å². The van der Waals surface area contributed by atoms with E-state index < -0.39 is 0 Å². The molecule has 0 spiro atoms. The van der Waals surface area contributed by atoms with Crippen LogP contribution in [0.5, 0.6) is 0 Å². The number of nitrogens with zero attached hydrogens (tertiary/aromatic N) is 3. The van der Waals surface area contributed by atoms with Crippen LogP contribution < -0.4 is 10.9 Å². The molecule has 3 rings (SSSR count). The van der Waals surface area contributed by atoms with Crippen molar-refractivity contribution >= 4 is 29.2 Å². The lowest BCUT2D eigenvalue weighted by Gasteiger charge is -2.34. The fourth-order valence-corrected chi connectivity index (χ4v) is 2.90. The van der Waals surface area contributed by atoms with Crippen molar-refractivity contribution in [2.75, 3.05) is 19.6 Å². The van der Waals surface area contributed by atoms with Crippen molar-refractivity contribution in [3.63, 3.8) is 0 Å². The Morgan fingerprint density at radius 1 is 1.43 bits per heavy atom. The summed E-state index contributed by atoms with van der Waals surface area (Å²) in [5.41, 5.74) is 1.50. The van der Waals surface area contributed by atoms with Gasteiger partial charge in [0.1, 0.15) is 6.54 Å². The van der Waals surface area contributed by atoms with Crippen LogP contribution in [0.1, 0.15) is 12.5 Å². The van der Waals surface area contributed by atoms with Gasteiger partial charge < -0.3 is 10.2 Å². The van der Waals surface area contributed by atoms with Crippen molar-refractivity contribution in [3.05, 3.63) is 40.4 Å². The Morgan fingerprint density at radius 2 is 2.22 bits per heavy atom. The molecule has 0 radical (unpaired) electrons. The van der Waals surface area contributed by atoms with Crippen LogP contribution in [0.4, 0.5) is 0 Å². The van der Waals surface area contributed by atoms with Crippen molar-refractivity contribution in [2.45, 2.75) is 26.4 Å². The summed E-state index contributed by atoms with van der Waals surface area (Å²) in [5, 5.41) is 3.81. The summed E-state index contributed by atoms with van der Waals surface area (Å²) in [4.78, 5) is 31.1. The number of fused-ring (bicyclic) bond motifs is 1. The third-order valence-electron chi connectivity index (χ3n) is 4.18. The van der Waals surface area contributed by atoms with E-state index in [1.54, 1.807) is 6.07 Å². The lowest BCUT2D eigenvalue weighted by atomic mass is 10.1. The second kappa shape index (κ2) is 7.10. The zero-order chi connectivity index (χ0) is 15.7. The fourth-order valence-electron chi connectivity index (χ4n) is 2.90. The van der Waals surface area contributed by atoms with Gasteiger partial charge in [-0.2, -0.15) is 0 Å². The number of nitrogens with one attached hydrogen (secondary N) is 1. The number of aromatic nitrogens is 2. The van der Waals surface area contributed by atoms with Crippen LogP contribution in [0.2, 0.25) is 0 Å². The van der Waals surface area contributed by atoms with E-state index in [-0.39, 0.29) is 36.5 Å². The molecule has 2 aromatic rings. The van der Waals surface area contributed by atoms with Gasteiger partial charge in [0.25, 0.3) is 5.56 Å². The Kier molecular flexibility index (Phi) is 5.38. The molecule has 1 aliphatic rings. The van der Waals surface area contributed by atoms with Crippen molar-refractivity contribution < 1.29 is 4.79 Å². The van der Waals surface area contributed by atoms with Crippen LogP contribution in [-0.2, 0) is 11.3 Å². The van der Waals surface area contributed by atoms with E-state index in [2.05, 4.69) is 10.3 Å². The molecule has 1 N–H and O–H groups in total. The molecule has 1 aliphatic heterocycles. The second-order valence-electron chi connectivity index (χ2n) is 5.79. The molecule has 1 saturated heterocycles. The summed E-state index contributed by atoms with van der Waals surface area (Å²) >= 11 is 0. The number of hydrogen-bond donors (Lipinski definition) is 1. The molecule has 124 valence electrons. The highest BCUT2D eigenvalue weighted by Crippen LogP contribution is 2.11. The first-order valence-corrected chi connectivity index (χ1v) is 7.53. The first-order chi connectivity index (χ1) is 10.6. The lowest BCUT2D eigenvalue weighted by Crippen LogP contribution is -2.53. The van der Waals surface area contributed by atoms with Gasteiger partial charge in [0, 0.05) is 25.7 Å². The quantitative estimate of drug-likeness (QED) is 0.886. The van der Waals surface area contributed by atoms with Gasteiger partial charge in [0.15, 0.2) is 0 Å². The van der Waals surface area contributed by atoms with Crippen molar-refractivity contribution in [1.29, 1.82) is 0 Å². The lowest BCUT2D eigenvalue weighted by molar-refractivity contribution is -0.134. The molecule has 1 amide bonds. The third-order valence-corrected chi connectivity index (χ3v) is 4.18. The van der Waals surface area contributed by atoms with Gasteiger partial charge in [-0.3, -0.25) is 14.2 Å². The van der Waals surface area contributed by atoms with Crippen LogP contribution in [-0.4, -0.2) is 46.0 Å². The summed E-state index contributed by atoms with van der Waals surface area (Å²) in [6.07, 6.45) is 1.47. The largest absolute Gasteiger partial charge is 0.336 e. The fraction of sp³-hybridized carbons (Fsp3) is 0.438. The molecule has 2 heterocycles. The van der Waals surface area contributed by atoms with E-state index in [0.29, 0.717) is 17.4 Å². The van der Waals surface area contributed by atoms with Crippen LogP contribution in [0.3, 0.4) is 0 Å². The average molecular weight is 337 g/mol. The second-order valence-corrected chi connectivity index (χ2v) is 5.79. The van der Waals surface area contributed by atoms with E-state index in [0.717, 1.165) is 18.7 Å². The van der Waals surface area contributed by atoms with E-state index >= 15 is 0 Å². The molecule has 1 atom stereocenters. The Morgan fingerprint density at radius 3 is 2.96 bits per heavy atom. The smallest absolute Gasteiger partial charge is 0.261 e. The van der Waals surface area contributed by atoms with Gasteiger partial charge in [-0.15, -0.1) is 12.4 Å². The predicted molar refractivity (Wildman–Crippen MR) is 92.0 cm³/mol. The zero-order valence-corrected chi connectivity index (χ0v) is 14.1. The van der Waals surface area contributed by atoms with Crippen molar-refractivity contribution in [1.82, 2.24) is 19.8 Å². The first kappa shape index (κ1) is 17.4. The van der Waals surface area contributed by atoms with E-state index in [4.69, 9.17) is 0 Å². The molecule has 0 unspecified atom stereocenters. The average Bonchev–Trinajstić information content (AvgIpc) is 2.51. The van der Waals surface area contributed by atoms with Gasteiger partial charge in [0.05, 0.1) is 17.2 Å². The maximum Gasteiger partial charge on any atom is 0.261 e. The number of hydrogen-bond acceptors (Lipinski definition) is 4. The van der Waals surface area contributed by atoms with Gasteiger partial charge >= 0.3 is 0 Å². The third kappa shape index (κ3) is 3.38. The van der Waals surface area contributed by atoms with Crippen molar-refractivity contribution in [3.8, 4) is 0 Å². The summed E-state index contributed by atoms with van der Waals surface area (Å²) in [5.74, 6) is -0.0371.